The highest BCUT2D eigenvalue weighted by Gasteiger charge is 2.10. The van der Waals surface area contributed by atoms with E-state index in [1.807, 2.05) is 25.1 Å². The van der Waals surface area contributed by atoms with E-state index in [0.29, 0.717) is 17.8 Å². The SMILES string of the molecule is Cc1ccc(C(=O)NCCc2ccc(Br)s2)c(NN)c1. The van der Waals surface area contributed by atoms with Crippen molar-refractivity contribution in [2.24, 2.45) is 5.84 Å². The molecule has 0 spiro atoms. The first-order valence-electron chi connectivity index (χ1n) is 6.20. The molecule has 0 aliphatic carbocycles. The Morgan fingerprint density at radius 2 is 2.15 bits per heavy atom. The molecule has 0 atom stereocenters. The van der Waals surface area contributed by atoms with Gasteiger partial charge in [0.25, 0.3) is 5.91 Å². The molecule has 1 aromatic carbocycles. The monoisotopic (exact) mass is 353 g/mol. The second kappa shape index (κ2) is 6.88. The first-order chi connectivity index (χ1) is 9.60. The van der Waals surface area contributed by atoms with Gasteiger partial charge in [0.2, 0.25) is 0 Å². The van der Waals surface area contributed by atoms with Crippen LogP contribution in [0, 0.1) is 6.92 Å². The average Bonchev–Trinajstić information content (AvgIpc) is 2.84. The molecule has 0 aliphatic rings. The van der Waals surface area contributed by atoms with Crippen LogP contribution in [0.5, 0.6) is 0 Å². The van der Waals surface area contributed by atoms with E-state index in [2.05, 4.69) is 32.7 Å². The number of rotatable bonds is 5. The van der Waals surface area contributed by atoms with Gasteiger partial charge in [0.1, 0.15) is 0 Å². The molecule has 1 heterocycles. The molecule has 0 fully saturated rings. The maximum absolute atomic E-state index is 12.1. The van der Waals surface area contributed by atoms with Gasteiger partial charge in [0.05, 0.1) is 15.0 Å². The third-order valence-corrected chi connectivity index (χ3v) is 4.54. The van der Waals surface area contributed by atoms with Crippen molar-refractivity contribution in [2.75, 3.05) is 12.0 Å². The van der Waals surface area contributed by atoms with E-state index in [1.165, 1.54) is 4.88 Å². The molecular weight excluding hydrogens is 338 g/mol. The molecule has 1 aromatic heterocycles. The van der Waals surface area contributed by atoms with Crippen molar-refractivity contribution < 1.29 is 4.79 Å². The summed E-state index contributed by atoms with van der Waals surface area (Å²) in [5.41, 5.74) is 4.82. The van der Waals surface area contributed by atoms with Crippen molar-refractivity contribution in [3.8, 4) is 0 Å². The number of nitrogens with one attached hydrogen (secondary N) is 2. The van der Waals surface area contributed by atoms with Gasteiger partial charge in [-0.05, 0) is 59.1 Å². The fourth-order valence-electron chi connectivity index (χ4n) is 1.86. The van der Waals surface area contributed by atoms with Gasteiger partial charge < -0.3 is 10.7 Å². The molecular formula is C14H16BrN3OS. The molecule has 0 saturated heterocycles. The van der Waals surface area contributed by atoms with E-state index in [0.717, 1.165) is 15.8 Å². The van der Waals surface area contributed by atoms with Gasteiger partial charge in [-0.3, -0.25) is 10.6 Å². The minimum atomic E-state index is -0.117. The average molecular weight is 354 g/mol. The molecule has 4 N–H and O–H groups in total. The van der Waals surface area contributed by atoms with Crippen LogP contribution in [0.2, 0.25) is 0 Å². The lowest BCUT2D eigenvalue weighted by Gasteiger charge is -2.10. The predicted molar refractivity (Wildman–Crippen MR) is 87.0 cm³/mol. The van der Waals surface area contributed by atoms with Gasteiger partial charge in [0.15, 0.2) is 0 Å². The number of halogens is 1. The third-order valence-electron chi connectivity index (χ3n) is 2.86. The number of anilines is 1. The molecule has 0 radical (unpaired) electrons. The summed E-state index contributed by atoms with van der Waals surface area (Å²) in [7, 11) is 0. The summed E-state index contributed by atoms with van der Waals surface area (Å²) in [4.78, 5) is 13.4. The maximum atomic E-state index is 12.1. The zero-order valence-electron chi connectivity index (χ0n) is 11.1. The van der Waals surface area contributed by atoms with Crippen molar-refractivity contribution in [3.63, 3.8) is 0 Å². The van der Waals surface area contributed by atoms with Gasteiger partial charge >= 0.3 is 0 Å². The zero-order chi connectivity index (χ0) is 14.5. The zero-order valence-corrected chi connectivity index (χ0v) is 13.5. The molecule has 0 unspecified atom stereocenters. The lowest BCUT2D eigenvalue weighted by atomic mass is 10.1. The van der Waals surface area contributed by atoms with Crippen LogP contribution < -0.4 is 16.6 Å². The predicted octanol–water partition coefficient (Wildman–Crippen LogP) is 3.08. The molecule has 0 aliphatic heterocycles. The minimum Gasteiger partial charge on any atom is -0.352 e. The number of hydrogen-bond donors (Lipinski definition) is 3. The van der Waals surface area contributed by atoms with Crippen LogP contribution in [-0.4, -0.2) is 12.5 Å². The Bertz CT molecular complexity index is 612. The number of benzene rings is 1. The van der Waals surface area contributed by atoms with E-state index in [-0.39, 0.29) is 5.91 Å². The first-order valence-corrected chi connectivity index (χ1v) is 7.81. The number of carbonyl (C=O) groups excluding carboxylic acids is 1. The van der Waals surface area contributed by atoms with Crippen LogP contribution in [0.25, 0.3) is 0 Å². The van der Waals surface area contributed by atoms with Crippen molar-refractivity contribution in [3.05, 3.63) is 50.1 Å². The quantitative estimate of drug-likeness (QED) is 0.571. The summed E-state index contributed by atoms with van der Waals surface area (Å²) in [6, 6.07) is 9.59. The van der Waals surface area contributed by atoms with Crippen molar-refractivity contribution in [1.82, 2.24) is 5.32 Å². The molecule has 2 aromatic rings. The summed E-state index contributed by atoms with van der Waals surface area (Å²) in [5, 5.41) is 2.91. The smallest absolute Gasteiger partial charge is 0.253 e. The number of amides is 1. The van der Waals surface area contributed by atoms with Crippen LogP contribution in [0.3, 0.4) is 0 Å². The Balaban J connectivity index is 1.95. The normalized spacial score (nSPS) is 10.3. The standard InChI is InChI=1S/C14H16BrN3OS/c1-9-2-4-11(12(8-9)18-16)14(19)17-7-6-10-3-5-13(15)20-10/h2-5,8,18H,6-7,16H2,1H3,(H,17,19). The lowest BCUT2D eigenvalue weighted by molar-refractivity contribution is 0.0955. The number of carbonyl (C=O) groups is 1. The molecule has 106 valence electrons. The van der Waals surface area contributed by atoms with E-state index < -0.39 is 0 Å². The summed E-state index contributed by atoms with van der Waals surface area (Å²) in [6.45, 7) is 2.56. The van der Waals surface area contributed by atoms with Crippen LogP contribution >= 0.6 is 27.3 Å². The first kappa shape index (κ1) is 15.0. The topological polar surface area (TPSA) is 67.2 Å². The highest BCUT2D eigenvalue weighted by atomic mass is 79.9. The maximum Gasteiger partial charge on any atom is 0.253 e. The summed E-state index contributed by atoms with van der Waals surface area (Å²) >= 11 is 5.10. The van der Waals surface area contributed by atoms with Crippen molar-refractivity contribution in [1.29, 1.82) is 0 Å². The van der Waals surface area contributed by atoms with Crippen LogP contribution in [0.4, 0.5) is 5.69 Å². The molecule has 6 heteroatoms. The van der Waals surface area contributed by atoms with Gasteiger partial charge in [-0.15, -0.1) is 11.3 Å². The number of nitrogens with two attached hydrogens (primary N) is 1. The van der Waals surface area contributed by atoms with Gasteiger partial charge in [-0.1, -0.05) is 6.07 Å². The van der Waals surface area contributed by atoms with Gasteiger partial charge in [-0.25, -0.2) is 0 Å². The van der Waals surface area contributed by atoms with Crippen molar-refractivity contribution >= 4 is 38.9 Å². The van der Waals surface area contributed by atoms with Crippen LogP contribution in [0.1, 0.15) is 20.8 Å². The number of aryl methyl sites for hydroxylation is 1. The highest BCUT2D eigenvalue weighted by molar-refractivity contribution is 9.11. The Hall–Kier alpha value is -1.37. The molecule has 2 rings (SSSR count). The van der Waals surface area contributed by atoms with Crippen LogP contribution in [-0.2, 0) is 6.42 Å². The number of hydrazine groups is 1. The van der Waals surface area contributed by atoms with E-state index >= 15 is 0 Å². The van der Waals surface area contributed by atoms with E-state index in [1.54, 1.807) is 17.4 Å². The number of thiophene rings is 1. The third kappa shape index (κ3) is 3.82. The second-order valence-corrected chi connectivity index (χ2v) is 6.95. The lowest BCUT2D eigenvalue weighted by Crippen LogP contribution is -2.27. The summed E-state index contributed by atoms with van der Waals surface area (Å²) in [5.74, 6) is 5.33. The Morgan fingerprint density at radius 3 is 2.80 bits per heavy atom. The van der Waals surface area contributed by atoms with Gasteiger partial charge in [-0.2, -0.15) is 0 Å². The largest absolute Gasteiger partial charge is 0.352 e. The van der Waals surface area contributed by atoms with E-state index in [4.69, 9.17) is 5.84 Å². The number of hydrogen-bond acceptors (Lipinski definition) is 4. The molecule has 4 nitrogen and oxygen atoms in total. The Labute approximate surface area is 130 Å². The van der Waals surface area contributed by atoms with E-state index in [9.17, 15) is 4.79 Å². The summed E-state index contributed by atoms with van der Waals surface area (Å²) in [6.07, 6.45) is 0.819. The van der Waals surface area contributed by atoms with Gasteiger partial charge in [0, 0.05) is 11.4 Å². The Morgan fingerprint density at radius 1 is 1.35 bits per heavy atom. The highest BCUT2D eigenvalue weighted by Crippen LogP contribution is 2.22. The fourth-order valence-corrected chi connectivity index (χ4v) is 3.34. The molecule has 1 amide bonds. The fraction of sp³-hybridized carbons (Fsp3) is 0.214. The number of nitrogen functional groups attached to an aromatic ring is 1. The molecule has 20 heavy (non-hydrogen) atoms. The second-order valence-electron chi connectivity index (χ2n) is 4.41. The Kier molecular flexibility index (Phi) is 5.17. The summed E-state index contributed by atoms with van der Waals surface area (Å²) < 4.78 is 1.10. The molecule has 0 bridgehead atoms. The van der Waals surface area contributed by atoms with Crippen LogP contribution in [0.15, 0.2) is 34.1 Å². The minimum absolute atomic E-state index is 0.117. The molecule has 0 saturated carbocycles. The van der Waals surface area contributed by atoms with Crippen molar-refractivity contribution in [2.45, 2.75) is 13.3 Å².